The van der Waals surface area contributed by atoms with Crippen molar-refractivity contribution in [2.45, 2.75) is 12.8 Å². The van der Waals surface area contributed by atoms with Crippen molar-refractivity contribution in [2.24, 2.45) is 0 Å². The second-order valence-corrected chi connectivity index (χ2v) is 5.45. The minimum absolute atomic E-state index is 0.0611. The molecule has 0 spiro atoms. The summed E-state index contributed by atoms with van der Waals surface area (Å²) in [6.07, 6.45) is 0.194. The van der Waals surface area contributed by atoms with E-state index in [-0.39, 0.29) is 30.9 Å². The highest BCUT2D eigenvalue weighted by Gasteiger charge is 2.10. The average Bonchev–Trinajstić information content (AvgIpc) is 2.57. The van der Waals surface area contributed by atoms with E-state index in [0.717, 1.165) is 11.8 Å². The molecule has 0 fully saturated rings. The Kier molecular flexibility index (Phi) is 6.26. The van der Waals surface area contributed by atoms with Gasteiger partial charge in [-0.25, -0.2) is 8.78 Å². The third-order valence-electron chi connectivity index (χ3n) is 3.68. The summed E-state index contributed by atoms with van der Waals surface area (Å²) in [4.78, 5) is 13.8. The Hall–Kier alpha value is -2.47. The first kappa shape index (κ1) is 17.9. The molecule has 0 heterocycles. The molecule has 2 aromatic carbocycles. The van der Waals surface area contributed by atoms with Gasteiger partial charge in [-0.15, -0.1) is 0 Å². The Morgan fingerprint density at radius 2 is 1.88 bits per heavy atom. The molecule has 2 aromatic rings. The fourth-order valence-corrected chi connectivity index (χ4v) is 2.29. The zero-order valence-electron chi connectivity index (χ0n) is 13.4. The maximum absolute atomic E-state index is 13.5. The molecule has 0 aromatic heterocycles. The number of rotatable bonds is 7. The van der Waals surface area contributed by atoms with Crippen molar-refractivity contribution in [3.63, 3.8) is 0 Å². The zero-order chi connectivity index (χ0) is 17.5. The van der Waals surface area contributed by atoms with Crippen LogP contribution in [0.25, 0.3) is 0 Å². The largest absolute Gasteiger partial charge is 0.395 e. The topological polar surface area (TPSA) is 52.6 Å². The molecule has 0 saturated heterocycles. The van der Waals surface area contributed by atoms with Gasteiger partial charge in [-0.1, -0.05) is 12.1 Å². The van der Waals surface area contributed by atoms with Gasteiger partial charge in [0.2, 0.25) is 5.91 Å². The van der Waals surface area contributed by atoms with Crippen LogP contribution in [0.15, 0.2) is 42.5 Å². The number of carbonyl (C=O) groups excluding carboxylic acids is 1. The van der Waals surface area contributed by atoms with E-state index < -0.39 is 11.6 Å². The summed E-state index contributed by atoms with van der Waals surface area (Å²) in [6, 6.07) is 11.1. The fraction of sp³-hybridized carbons (Fsp3) is 0.278. The molecule has 0 unspecified atom stereocenters. The second kappa shape index (κ2) is 8.40. The number of hydrogen-bond donors (Lipinski definition) is 2. The van der Waals surface area contributed by atoms with Gasteiger partial charge in [-0.05, 0) is 42.3 Å². The van der Waals surface area contributed by atoms with Crippen LogP contribution in [-0.2, 0) is 11.2 Å². The maximum atomic E-state index is 13.5. The first-order valence-electron chi connectivity index (χ1n) is 7.66. The molecule has 6 heteroatoms. The predicted octanol–water partition coefficient (Wildman–Crippen LogP) is 2.96. The van der Waals surface area contributed by atoms with Crippen molar-refractivity contribution >= 4 is 17.3 Å². The molecular weight excluding hydrogens is 314 g/mol. The van der Waals surface area contributed by atoms with Crippen molar-refractivity contribution in [3.05, 3.63) is 59.7 Å². The summed E-state index contributed by atoms with van der Waals surface area (Å²) in [5.41, 5.74) is 1.73. The molecule has 0 saturated carbocycles. The molecule has 0 aliphatic rings. The number of carbonyl (C=O) groups is 1. The normalized spacial score (nSPS) is 10.5. The van der Waals surface area contributed by atoms with E-state index in [1.807, 2.05) is 24.1 Å². The molecule has 2 rings (SSSR count). The van der Waals surface area contributed by atoms with Gasteiger partial charge in [0, 0.05) is 31.4 Å². The molecule has 4 nitrogen and oxygen atoms in total. The molecule has 2 N–H and O–H groups in total. The van der Waals surface area contributed by atoms with Gasteiger partial charge in [0.05, 0.1) is 6.61 Å². The molecule has 128 valence electrons. The SMILES string of the molecule is CN(CCO)c1ccc(NC(=O)CCc2cccc(F)c2F)cc1. The number of nitrogens with zero attached hydrogens (tertiary/aromatic N) is 1. The van der Waals surface area contributed by atoms with Crippen LogP contribution in [0.5, 0.6) is 0 Å². The Bertz CT molecular complexity index is 690. The lowest BCUT2D eigenvalue weighted by atomic mass is 10.1. The quantitative estimate of drug-likeness (QED) is 0.818. The Morgan fingerprint density at radius 1 is 1.17 bits per heavy atom. The van der Waals surface area contributed by atoms with Gasteiger partial charge in [-0.2, -0.15) is 0 Å². The third kappa shape index (κ3) is 4.76. The highest BCUT2D eigenvalue weighted by Crippen LogP contribution is 2.17. The van der Waals surface area contributed by atoms with Crippen LogP contribution in [-0.4, -0.2) is 31.2 Å². The van der Waals surface area contributed by atoms with Gasteiger partial charge in [0.1, 0.15) is 0 Å². The first-order valence-corrected chi connectivity index (χ1v) is 7.66. The molecule has 24 heavy (non-hydrogen) atoms. The van der Waals surface area contributed by atoms with Crippen LogP contribution in [0, 0.1) is 11.6 Å². The number of aliphatic hydroxyl groups excluding tert-OH is 1. The number of likely N-dealkylation sites (N-methyl/N-ethyl adjacent to an activating group) is 1. The molecular formula is C18H20F2N2O2. The number of halogens is 2. The van der Waals surface area contributed by atoms with Crippen molar-refractivity contribution in [1.29, 1.82) is 0 Å². The predicted molar refractivity (Wildman–Crippen MR) is 90.1 cm³/mol. The fourth-order valence-electron chi connectivity index (χ4n) is 2.29. The zero-order valence-corrected chi connectivity index (χ0v) is 13.4. The smallest absolute Gasteiger partial charge is 0.224 e. The number of aryl methyl sites for hydroxylation is 1. The molecule has 1 amide bonds. The average molecular weight is 334 g/mol. The number of aliphatic hydroxyl groups is 1. The monoisotopic (exact) mass is 334 g/mol. The summed E-state index contributed by atoms with van der Waals surface area (Å²) >= 11 is 0. The standard InChI is InChI=1S/C18H20F2N2O2/c1-22(11-12-23)15-8-6-14(7-9-15)21-17(24)10-5-13-3-2-4-16(19)18(13)20/h2-4,6-9,23H,5,10-12H2,1H3,(H,21,24). The van der Waals surface area contributed by atoms with Gasteiger partial charge < -0.3 is 15.3 Å². The van der Waals surface area contributed by atoms with E-state index in [1.54, 1.807) is 12.1 Å². The molecule has 0 radical (unpaired) electrons. The summed E-state index contributed by atoms with van der Waals surface area (Å²) in [7, 11) is 1.86. The minimum Gasteiger partial charge on any atom is -0.395 e. The van der Waals surface area contributed by atoms with E-state index >= 15 is 0 Å². The summed E-state index contributed by atoms with van der Waals surface area (Å²) in [5, 5.41) is 11.6. The van der Waals surface area contributed by atoms with E-state index in [4.69, 9.17) is 5.11 Å². The van der Waals surface area contributed by atoms with Crippen LogP contribution in [0.2, 0.25) is 0 Å². The lowest BCUT2D eigenvalue weighted by Crippen LogP contribution is -2.21. The van der Waals surface area contributed by atoms with Gasteiger partial charge in [-0.3, -0.25) is 4.79 Å². The highest BCUT2D eigenvalue weighted by molar-refractivity contribution is 5.91. The minimum atomic E-state index is -0.907. The molecule has 0 aliphatic carbocycles. The number of amides is 1. The van der Waals surface area contributed by atoms with E-state index in [1.165, 1.54) is 12.1 Å². The number of anilines is 2. The lowest BCUT2D eigenvalue weighted by Gasteiger charge is -2.18. The van der Waals surface area contributed by atoms with Crippen molar-refractivity contribution in [1.82, 2.24) is 0 Å². The third-order valence-corrected chi connectivity index (χ3v) is 3.68. The van der Waals surface area contributed by atoms with Crippen LogP contribution >= 0.6 is 0 Å². The lowest BCUT2D eigenvalue weighted by molar-refractivity contribution is -0.116. The first-order chi connectivity index (χ1) is 11.5. The summed E-state index contributed by atoms with van der Waals surface area (Å²) in [5.74, 6) is -2.08. The summed E-state index contributed by atoms with van der Waals surface area (Å²) in [6.45, 7) is 0.580. The van der Waals surface area contributed by atoms with Gasteiger partial charge >= 0.3 is 0 Å². The molecule has 0 aliphatic heterocycles. The van der Waals surface area contributed by atoms with Crippen LogP contribution < -0.4 is 10.2 Å². The number of benzene rings is 2. The Morgan fingerprint density at radius 3 is 2.54 bits per heavy atom. The molecule has 0 atom stereocenters. The number of hydrogen-bond acceptors (Lipinski definition) is 3. The number of nitrogens with one attached hydrogen (secondary N) is 1. The van der Waals surface area contributed by atoms with Crippen molar-refractivity contribution in [2.75, 3.05) is 30.4 Å². The Balaban J connectivity index is 1.89. The van der Waals surface area contributed by atoms with Crippen molar-refractivity contribution in [3.8, 4) is 0 Å². The van der Waals surface area contributed by atoms with Crippen LogP contribution in [0.3, 0.4) is 0 Å². The van der Waals surface area contributed by atoms with Crippen LogP contribution in [0.1, 0.15) is 12.0 Å². The highest BCUT2D eigenvalue weighted by atomic mass is 19.2. The maximum Gasteiger partial charge on any atom is 0.224 e. The van der Waals surface area contributed by atoms with Crippen LogP contribution in [0.4, 0.5) is 20.2 Å². The van der Waals surface area contributed by atoms with Crippen molar-refractivity contribution < 1.29 is 18.7 Å². The Labute approximate surface area is 139 Å². The van der Waals surface area contributed by atoms with E-state index in [9.17, 15) is 13.6 Å². The van der Waals surface area contributed by atoms with Gasteiger partial charge in [0.25, 0.3) is 0 Å². The van der Waals surface area contributed by atoms with E-state index in [0.29, 0.717) is 12.2 Å². The van der Waals surface area contributed by atoms with Gasteiger partial charge in [0.15, 0.2) is 11.6 Å². The van der Waals surface area contributed by atoms with E-state index in [2.05, 4.69) is 5.32 Å². The second-order valence-electron chi connectivity index (χ2n) is 5.45. The molecule has 0 bridgehead atoms. The summed E-state index contributed by atoms with van der Waals surface area (Å²) < 4.78 is 26.6.